The molecule has 0 aliphatic heterocycles. The van der Waals surface area contributed by atoms with Crippen molar-refractivity contribution < 1.29 is 9.59 Å². The predicted octanol–water partition coefficient (Wildman–Crippen LogP) is 3.59. The molecule has 2 N–H and O–H groups in total. The van der Waals surface area contributed by atoms with Gasteiger partial charge in [0.1, 0.15) is 6.29 Å². The fourth-order valence-electron chi connectivity index (χ4n) is 2.51. The molecule has 130 valence electrons. The van der Waals surface area contributed by atoms with E-state index in [0.717, 1.165) is 13.0 Å². The number of aldehydes is 1. The van der Waals surface area contributed by atoms with Crippen molar-refractivity contribution in [2.75, 3.05) is 19.6 Å². The average molecular weight is 312 g/mol. The van der Waals surface area contributed by atoms with Crippen molar-refractivity contribution in [3.8, 4) is 0 Å². The molecule has 0 saturated carbocycles. The number of hydrogen-bond acceptors (Lipinski definition) is 3. The molecule has 0 aromatic carbocycles. The lowest BCUT2D eigenvalue weighted by molar-refractivity contribution is -0.121. The normalized spacial score (nSPS) is 10.6. The maximum atomic E-state index is 11.2. The summed E-state index contributed by atoms with van der Waals surface area (Å²) in [4.78, 5) is 21.3. The van der Waals surface area contributed by atoms with Gasteiger partial charge in [0.05, 0.1) is 13.1 Å². The quantitative estimate of drug-likeness (QED) is 0.319. The van der Waals surface area contributed by atoms with E-state index in [2.05, 4.69) is 17.6 Å². The number of nitrogens with one attached hydrogen (secondary N) is 2. The zero-order chi connectivity index (χ0) is 16.3. The fraction of sp³-hybridized carbons (Fsp3) is 0.889. The smallest absolute Gasteiger partial charge is 0.234 e. The predicted molar refractivity (Wildman–Crippen MR) is 93.0 cm³/mol. The first-order valence-electron chi connectivity index (χ1n) is 9.22. The van der Waals surface area contributed by atoms with Crippen LogP contribution in [0, 0.1) is 0 Å². The molecule has 4 nitrogen and oxygen atoms in total. The van der Waals surface area contributed by atoms with Crippen LogP contribution in [0.25, 0.3) is 0 Å². The van der Waals surface area contributed by atoms with Crippen molar-refractivity contribution in [2.24, 2.45) is 0 Å². The van der Waals surface area contributed by atoms with E-state index < -0.39 is 0 Å². The fourth-order valence-corrected chi connectivity index (χ4v) is 2.51. The minimum atomic E-state index is -0.106. The molecule has 0 aliphatic carbocycles. The summed E-state index contributed by atoms with van der Waals surface area (Å²) < 4.78 is 0. The summed E-state index contributed by atoms with van der Waals surface area (Å²) in [6.07, 6.45) is 16.8. The van der Waals surface area contributed by atoms with E-state index in [1.807, 2.05) is 0 Å². The molecular weight excluding hydrogens is 276 g/mol. The standard InChI is InChI=1S/C18H36N2O2/c1-2-3-4-5-6-7-8-9-10-11-12-13-14-19-17-18(22)20-15-16-21/h16,19H,2-15,17H2,1H3,(H,20,22). The third-order valence-corrected chi connectivity index (χ3v) is 3.88. The lowest BCUT2D eigenvalue weighted by Gasteiger charge is -2.05. The second-order valence-corrected chi connectivity index (χ2v) is 6.04. The molecule has 0 unspecified atom stereocenters. The molecule has 0 aromatic heterocycles. The van der Waals surface area contributed by atoms with Crippen molar-refractivity contribution in [2.45, 2.75) is 84.0 Å². The van der Waals surface area contributed by atoms with Crippen LogP contribution in [0.4, 0.5) is 0 Å². The Morgan fingerprint density at radius 2 is 1.32 bits per heavy atom. The molecule has 0 spiro atoms. The summed E-state index contributed by atoms with van der Waals surface area (Å²) in [6.45, 7) is 3.56. The SMILES string of the molecule is CCCCCCCCCCCCCCNCC(=O)NCC=O. The Hall–Kier alpha value is -0.900. The van der Waals surface area contributed by atoms with Gasteiger partial charge in [0.15, 0.2) is 0 Å². The number of unbranched alkanes of at least 4 members (excludes halogenated alkanes) is 11. The Labute approximate surface area is 136 Å². The molecular formula is C18H36N2O2. The number of carbonyl (C=O) groups is 2. The summed E-state index contributed by atoms with van der Waals surface area (Å²) in [5.74, 6) is -0.106. The van der Waals surface area contributed by atoms with Gasteiger partial charge in [0.2, 0.25) is 5.91 Å². The monoisotopic (exact) mass is 312 g/mol. The van der Waals surface area contributed by atoms with Crippen LogP contribution in [0.2, 0.25) is 0 Å². The van der Waals surface area contributed by atoms with Crippen LogP contribution in [0.15, 0.2) is 0 Å². The average Bonchev–Trinajstić information content (AvgIpc) is 2.53. The molecule has 0 atom stereocenters. The molecule has 22 heavy (non-hydrogen) atoms. The zero-order valence-electron chi connectivity index (χ0n) is 14.5. The number of hydrogen-bond donors (Lipinski definition) is 2. The lowest BCUT2D eigenvalue weighted by atomic mass is 10.1. The Balaban J connectivity index is 3.05. The van der Waals surface area contributed by atoms with E-state index in [0.29, 0.717) is 12.8 Å². The maximum Gasteiger partial charge on any atom is 0.234 e. The summed E-state index contributed by atoms with van der Waals surface area (Å²) in [6, 6.07) is 0. The molecule has 0 bridgehead atoms. The van der Waals surface area contributed by atoms with Gasteiger partial charge in [-0.2, -0.15) is 0 Å². The maximum absolute atomic E-state index is 11.2. The molecule has 4 heteroatoms. The third-order valence-electron chi connectivity index (χ3n) is 3.88. The summed E-state index contributed by atoms with van der Waals surface area (Å²) in [7, 11) is 0. The van der Waals surface area contributed by atoms with Gasteiger partial charge >= 0.3 is 0 Å². The van der Waals surface area contributed by atoms with Gasteiger partial charge in [0.25, 0.3) is 0 Å². The zero-order valence-corrected chi connectivity index (χ0v) is 14.5. The molecule has 0 radical (unpaired) electrons. The highest BCUT2D eigenvalue weighted by Crippen LogP contribution is 2.11. The van der Waals surface area contributed by atoms with Gasteiger partial charge in [-0.15, -0.1) is 0 Å². The van der Waals surface area contributed by atoms with E-state index in [1.165, 1.54) is 70.6 Å². The van der Waals surface area contributed by atoms with E-state index in [9.17, 15) is 9.59 Å². The second-order valence-electron chi connectivity index (χ2n) is 6.04. The van der Waals surface area contributed by atoms with Crippen molar-refractivity contribution in [3.63, 3.8) is 0 Å². The first kappa shape index (κ1) is 21.1. The van der Waals surface area contributed by atoms with Crippen molar-refractivity contribution in [1.82, 2.24) is 10.6 Å². The highest BCUT2D eigenvalue weighted by atomic mass is 16.2. The molecule has 0 rings (SSSR count). The van der Waals surface area contributed by atoms with E-state index >= 15 is 0 Å². The Morgan fingerprint density at radius 1 is 0.818 bits per heavy atom. The number of amides is 1. The molecule has 0 aromatic rings. The minimum Gasteiger partial charge on any atom is -0.348 e. The van der Waals surface area contributed by atoms with Gasteiger partial charge in [-0.25, -0.2) is 0 Å². The Morgan fingerprint density at radius 3 is 1.82 bits per heavy atom. The van der Waals surface area contributed by atoms with Gasteiger partial charge in [-0.1, -0.05) is 77.6 Å². The van der Waals surface area contributed by atoms with Crippen LogP contribution in [0.1, 0.15) is 84.0 Å². The van der Waals surface area contributed by atoms with Crippen LogP contribution in [-0.2, 0) is 9.59 Å². The highest BCUT2D eigenvalue weighted by Gasteiger charge is 1.98. The summed E-state index contributed by atoms with van der Waals surface area (Å²) in [5.41, 5.74) is 0. The summed E-state index contributed by atoms with van der Waals surface area (Å²) >= 11 is 0. The van der Waals surface area contributed by atoms with Gasteiger partial charge in [0, 0.05) is 0 Å². The third kappa shape index (κ3) is 17.2. The van der Waals surface area contributed by atoms with Crippen molar-refractivity contribution in [1.29, 1.82) is 0 Å². The topological polar surface area (TPSA) is 58.2 Å². The minimum absolute atomic E-state index is 0.106. The summed E-state index contributed by atoms with van der Waals surface area (Å²) in [5, 5.41) is 5.61. The second kappa shape index (κ2) is 18.1. The lowest BCUT2D eigenvalue weighted by Crippen LogP contribution is -2.35. The molecule has 1 amide bonds. The first-order chi connectivity index (χ1) is 10.8. The molecule has 0 aliphatic rings. The van der Waals surface area contributed by atoms with Crippen molar-refractivity contribution >= 4 is 12.2 Å². The van der Waals surface area contributed by atoms with Crippen LogP contribution in [-0.4, -0.2) is 31.8 Å². The van der Waals surface area contributed by atoms with E-state index in [-0.39, 0.29) is 12.5 Å². The highest BCUT2D eigenvalue weighted by molar-refractivity contribution is 5.80. The van der Waals surface area contributed by atoms with Crippen LogP contribution >= 0.6 is 0 Å². The first-order valence-corrected chi connectivity index (χ1v) is 9.22. The number of carbonyl (C=O) groups excluding carboxylic acids is 2. The Kier molecular flexibility index (Phi) is 17.4. The molecule has 0 heterocycles. The van der Waals surface area contributed by atoms with Gasteiger partial charge in [-0.05, 0) is 13.0 Å². The van der Waals surface area contributed by atoms with E-state index in [1.54, 1.807) is 0 Å². The molecule has 0 saturated heterocycles. The van der Waals surface area contributed by atoms with Crippen LogP contribution in [0.3, 0.4) is 0 Å². The number of rotatable bonds is 17. The largest absolute Gasteiger partial charge is 0.348 e. The van der Waals surface area contributed by atoms with Gasteiger partial charge < -0.3 is 15.4 Å². The van der Waals surface area contributed by atoms with Crippen LogP contribution in [0.5, 0.6) is 0 Å². The van der Waals surface area contributed by atoms with Crippen molar-refractivity contribution in [3.05, 3.63) is 0 Å². The van der Waals surface area contributed by atoms with Crippen LogP contribution < -0.4 is 10.6 Å². The Bertz CT molecular complexity index is 257. The molecule has 0 fully saturated rings. The van der Waals surface area contributed by atoms with Gasteiger partial charge in [-0.3, -0.25) is 4.79 Å². The van der Waals surface area contributed by atoms with E-state index in [4.69, 9.17) is 0 Å².